The molecule has 0 radical (unpaired) electrons. The topological polar surface area (TPSA) is 59.5 Å². The molecule has 0 rings (SSSR count). The second-order valence-electron chi connectivity index (χ2n) is 2.84. The first-order chi connectivity index (χ1) is 5.41. The Kier molecular flexibility index (Phi) is 15.4. The molecule has 0 saturated carbocycles. The molecule has 0 aliphatic carbocycles. The van der Waals surface area contributed by atoms with Gasteiger partial charge in [-0.15, -0.1) is 0 Å². The van der Waals surface area contributed by atoms with Crippen LogP contribution in [0, 0.1) is 0 Å². The monoisotopic (exact) mass is 190 g/mol. The van der Waals surface area contributed by atoms with Gasteiger partial charge in [0.25, 0.3) is 0 Å². The van der Waals surface area contributed by atoms with E-state index in [1.807, 2.05) is 26.0 Å². The van der Waals surface area contributed by atoms with E-state index >= 15 is 0 Å². The summed E-state index contributed by atoms with van der Waals surface area (Å²) in [5, 5.41) is 0. The number of nitrogens with zero attached hydrogens (tertiary/aromatic N) is 1. The zero-order valence-electron chi connectivity index (χ0n) is 9.13. The van der Waals surface area contributed by atoms with Gasteiger partial charge in [0.05, 0.1) is 6.61 Å². The fraction of sp³-hybridized carbons (Fsp3) is 0.667. The van der Waals surface area contributed by atoms with Crippen LogP contribution >= 0.6 is 0 Å². The predicted octanol–water partition coefficient (Wildman–Crippen LogP) is 1.13. The van der Waals surface area contributed by atoms with E-state index in [1.165, 1.54) is 0 Å². The fourth-order valence-corrected chi connectivity index (χ4v) is 0.254. The number of rotatable bonds is 2. The van der Waals surface area contributed by atoms with E-state index in [2.05, 4.69) is 11.3 Å². The Hall–Kier alpha value is -0.870. The number of hydrogen-bond donors (Lipinski definition) is 0. The van der Waals surface area contributed by atoms with Crippen molar-refractivity contribution in [2.24, 2.45) is 0 Å². The van der Waals surface area contributed by atoms with Crippen LogP contribution in [0.4, 0.5) is 0 Å². The predicted molar refractivity (Wildman–Crippen MR) is 53.0 cm³/mol. The van der Waals surface area contributed by atoms with Crippen molar-refractivity contribution >= 4 is 5.97 Å². The lowest BCUT2D eigenvalue weighted by atomic mass is 10.4. The summed E-state index contributed by atoms with van der Waals surface area (Å²) in [6.45, 7) is 7.21. The zero-order chi connectivity index (χ0) is 10.1. The number of esters is 1. The second kappa shape index (κ2) is 11.1. The third-order valence-electron chi connectivity index (χ3n) is 0.624. The lowest BCUT2D eigenvalue weighted by Crippen LogP contribution is -2.03. The molecular weight excluding hydrogens is 170 g/mol. The molecule has 0 spiro atoms. The summed E-state index contributed by atoms with van der Waals surface area (Å²) in [5.74, 6) is -0.312. The van der Waals surface area contributed by atoms with Crippen LogP contribution in [0.1, 0.15) is 13.8 Å². The Morgan fingerprint density at radius 1 is 1.38 bits per heavy atom. The van der Waals surface area contributed by atoms with E-state index in [0.717, 1.165) is 0 Å². The molecule has 4 nitrogen and oxygen atoms in total. The highest BCUT2D eigenvalue weighted by Gasteiger charge is 1.98. The molecule has 0 unspecified atom stereocenters. The maximum absolute atomic E-state index is 10.4. The molecule has 80 valence electrons. The van der Waals surface area contributed by atoms with Crippen LogP contribution in [0.15, 0.2) is 12.2 Å². The Morgan fingerprint density at radius 3 is 1.77 bits per heavy atom. The van der Waals surface area contributed by atoms with Gasteiger partial charge < -0.3 is 15.1 Å². The molecule has 0 amide bonds. The molecule has 1 N–H and O–H groups in total. The largest absolute Gasteiger partial charge is 0.870 e. The van der Waals surface area contributed by atoms with Crippen molar-refractivity contribution in [3.63, 3.8) is 0 Å². The maximum Gasteiger partial charge on any atom is 0.333 e. The van der Waals surface area contributed by atoms with Gasteiger partial charge in [-0.25, -0.2) is 4.79 Å². The lowest BCUT2D eigenvalue weighted by Gasteiger charge is -1.96. The van der Waals surface area contributed by atoms with E-state index < -0.39 is 0 Å². The lowest BCUT2D eigenvalue weighted by molar-refractivity contribution is -0.138. The summed E-state index contributed by atoms with van der Waals surface area (Å²) in [6, 6.07) is 0. The average molecular weight is 190 g/mol. The number of carbonyl (C=O) groups is 1. The Balaban J connectivity index is -0.000000173. The van der Waals surface area contributed by atoms with Gasteiger partial charge in [-0.3, -0.25) is 0 Å². The van der Waals surface area contributed by atoms with Crippen LogP contribution in [-0.4, -0.2) is 44.1 Å². The second-order valence-corrected chi connectivity index (χ2v) is 2.84. The summed E-state index contributed by atoms with van der Waals surface area (Å²) in [6.07, 6.45) is 0. The molecule has 0 aliphatic rings. The van der Waals surface area contributed by atoms with Crippen LogP contribution in [0.3, 0.4) is 0 Å². The number of hydrogen-bond acceptors (Lipinski definition) is 4. The minimum Gasteiger partial charge on any atom is -0.870 e. The van der Waals surface area contributed by atoms with Crippen molar-refractivity contribution in [3.05, 3.63) is 12.2 Å². The van der Waals surface area contributed by atoms with Crippen LogP contribution in [0.2, 0.25) is 0 Å². The zero-order valence-corrected chi connectivity index (χ0v) is 9.13. The molecule has 4 heteroatoms. The molecule has 0 atom stereocenters. The van der Waals surface area contributed by atoms with E-state index in [0.29, 0.717) is 12.2 Å². The van der Waals surface area contributed by atoms with Gasteiger partial charge >= 0.3 is 5.97 Å². The SMILES string of the molecule is C=C(C)C(=O)OCC.CN(C)C.[OH-]. The van der Waals surface area contributed by atoms with Crippen LogP contribution in [-0.2, 0) is 9.53 Å². The Morgan fingerprint density at radius 2 is 1.69 bits per heavy atom. The smallest absolute Gasteiger partial charge is 0.333 e. The van der Waals surface area contributed by atoms with E-state index in [4.69, 9.17) is 0 Å². The summed E-state index contributed by atoms with van der Waals surface area (Å²) < 4.78 is 4.56. The van der Waals surface area contributed by atoms with Gasteiger partial charge in [0.2, 0.25) is 0 Å². The van der Waals surface area contributed by atoms with Crippen LogP contribution < -0.4 is 0 Å². The van der Waals surface area contributed by atoms with Crippen molar-refractivity contribution in [1.29, 1.82) is 0 Å². The summed E-state index contributed by atoms with van der Waals surface area (Å²) in [4.78, 5) is 12.4. The molecule has 0 aromatic heterocycles. The van der Waals surface area contributed by atoms with Gasteiger partial charge in [-0.2, -0.15) is 0 Å². The van der Waals surface area contributed by atoms with E-state index in [-0.39, 0.29) is 11.4 Å². The number of carbonyl (C=O) groups excluding carboxylic acids is 1. The van der Waals surface area contributed by atoms with Crippen molar-refractivity contribution in [2.75, 3.05) is 27.7 Å². The van der Waals surface area contributed by atoms with Crippen LogP contribution in [0.25, 0.3) is 0 Å². The van der Waals surface area contributed by atoms with Crippen LogP contribution in [0.5, 0.6) is 0 Å². The minimum atomic E-state index is -0.312. The normalized spacial score (nSPS) is 7.85. The standard InChI is InChI=1S/C6H10O2.C3H9N.H2O/c1-4-8-6(7)5(2)3;1-4(2)3;/h2,4H2,1,3H3;1-3H3;1H2/p-1. The third kappa shape index (κ3) is 24.7. The van der Waals surface area contributed by atoms with Crippen molar-refractivity contribution in [3.8, 4) is 0 Å². The number of ether oxygens (including phenoxy) is 1. The third-order valence-corrected chi connectivity index (χ3v) is 0.624. The molecule has 0 aromatic carbocycles. The minimum absolute atomic E-state index is 0. The fourth-order valence-electron chi connectivity index (χ4n) is 0.254. The first-order valence-electron chi connectivity index (χ1n) is 3.85. The summed E-state index contributed by atoms with van der Waals surface area (Å²) in [7, 11) is 6.00. The molecule has 13 heavy (non-hydrogen) atoms. The van der Waals surface area contributed by atoms with Gasteiger partial charge in [-0.1, -0.05) is 6.58 Å². The van der Waals surface area contributed by atoms with Crippen molar-refractivity contribution in [1.82, 2.24) is 4.90 Å². The van der Waals surface area contributed by atoms with Gasteiger partial charge in [0.1, 0.15) is 0 Å². The molecule has 0 aromatic rings. The maximum atomic E-state index is 10.4. The first-order valence-corrected chi connectivity index (χ1v) is 3.85. The molecule has 0 aliphatic heterocycles. The first kappa shape index (κ1) is 18.0. The van der Waals surface area contributed by atoms with E-state index in [1.54, 1.807) is 13.8 Å². The highest BCUT2D eigenvalue weighted by Crippen LogP contribution is 1.89. The highest BCUT2D eigenvalue weighted by molar-refractivity contribution is 5.86. The van der Waals surface area contributed by atoms with Gasteiger partial charge in [0.15, 0.2) is 0 Å². The quantitative estimate of drug-likeness (QED) is 0.483. The Labute approximate surface area is 80.5 Å². The van der Waals surface area contributed by atoms with E-state index in [9.17, 15) is 4.79 Å². The molecule has 0 saturated heterocycles. The van der Waals surface area contributed by atoms with Crippen molar-refractivity contribution in [2.45, 2.75) is 13.8 Å². The molecule has 0 fully saturated rings. The summed E-state index contributed by atoms with van der Waals surface area (Å²) >= 11 is 0. The van der Waals surface area contributed by atoms with Gasteiger partial charge in [0, 0.05) is 5.57 Å². The average Bonchev–Trinajstić information content (AvgIpc) is 1.86. The Bertz CT molecular complexity index is 141. The molecule has 0 heterocycles. The van der Waals surface area contributed by atoms with Crippen molar-refractivity contribution < 1.29 is 15.0 Å². The summed E-state index contributed by atoms with van der Waals surface area (Å²) in [5.41, 5.74) is 0.451. The highest BCUT2D eigenvalue weighted by atomic mass is 16.5. The molecule has 0 bridgehead atoms. The molecular formula is C9H20NO3-. The van der Waals surface area contributed by atoms with Gasteiger partial charge in [-0.05, 0) is 35.0 Å².